The Balaban J connectivity index is 1.68. The van der Waals surface area contributed by atoms with Crippen LogP contribution in [0.5, 0.6) is 0 Å². The molecular formula is C15H16ClFN2O4S3. The molecule has 1 aromatic carbocycles. The second kappa shape index (κ2) is 7.53. The fraction of sp³-hybridized carbons (Fsp3) is 0.333. The molecular weight excluding hydrogens is 423 g/mol. The van der Waals surface area contributed by atoms with Gasteiger partial charge in [0.15, 0.2) is 0 Å². The molecule has 0 saturated carbocycles. The molecule has 0 radical (unpaired) electrons. The molecule has 0 bridgehead atoms. The Bertz CT molecular complexity index is 986. The highest BCUT2D eigenvalue weighted by molar-refractivity contribution is 7.91. The summed E-state index contributed by atoms with van der Waals surface area (Å²) in [5, 5.41) is 1.79. The number of halogens is 2. The molecule has 1 aliphatic rings. The van der Waals surface area contributed by atoms with Crippen LogP contribution in [0, 0.1) is 5.82 Å². The average molecular weight is 439 g/mol. The molecule has 1 saturated heterocycles. The van der Waals surface area contributed by atoms with Crippen molar-refractivity contribution in [3.63, 3.8) is 0 Å². The number of hydrogen-bond acceptors (Lipinski definition) is 5. The fourth-order valence-electron chi connectivity index (χ4n) is 2.73. The molecule has 2 heterocycles. The van der Waals surface area contributed by atoms with Crippen molar-refractivity contribution in [3.8, 4) is 0 Å². The summed E-state index contributed by atoms with van der Waals surface area (Å²) >= 11 is 6.78. The van der Waals surface area contributed by atoms with Gasteiger partial charge in [-0.2, -0.15) is 4.31 Å². The van der Waals surface area contributed by atoms with Crippen LogP contribution < -0.4 is 4.72 Å². The first-order valence-electron chi connectivity index (χ1n) is 7.71. The van der Waals surface area contributed by atoms with Crippen molar-refractivity contribution in [1.29, 1.82) is 0 Å². The van der Waals surface area contributed by atoms with Crippen LogP contribution in [0.25, 0.3) is 0 Å². The van der Waals surface area contributed by atoms with Gasteiger partial charge >= 0.3 is 0 Å². The van der Waals surface area contributed by atoms with E-state index < -0.39 is 30.8 Å². The predicted octanol–water partition coefficient (Wildman–Crippen LogP) is 2.67. The van der Waals surface area contributed by atoms with Gasteiger partial charge in [-0.25, -0.2) is 25.9 Å². The summed E-state index contributed by atoms with van der Waals surface area (Å²) in [7, 11) is -7.60. The highest BCUT2D eigenvalue weighted by Gasteiger charge is 2.33. The summed E-state index contributed by atoms with van der Waals surface area (Å²) in [6, 6.07) is 6.20. The smallest absolute Gasteiger partial charge is 0.207 e. The molecule has 0 atom stereocenters. The summed E-state index contributed by atoms with van der Waals surface area (Å²) in [5.41, 5.74) is 0. The molecule has 11 heteroatoms. The highest BCUT2D eigenvalue weighted by Crippen LogP contribution is 2.26. The first-order chi connectivity index (χ1) is 12.2. The van der Waals surface area contributed by atoms with Crippen molar-refractivity contribution in [3.05, 3.63) is 46.6 Å². The molecule has 3 rings (SSSR count). The van der Waals surface area contributed by atoms with Gasteiger partial charge in [0, 0.05) is 24.2 Å². The van der Waals surface area contributed by atoms with E-state index in [9.17, 15) is 21.2 Å². The quantitative estimate of drug-likeness (QED) is 0.777. The summed E-state index contributed by atoms with van der Waals surface area (Å²) < 4.78 is 67.6. The van der Waals surface area contributed by atoms with Gasteiger partial charge in [0.1, 0.15) is 14.9 Å². The zero-order chi connectivity index (χ0) is 18.9. The summed E-state index contributed by atoms with van der Waals surface area (Å²) in [6.45, 7) is 0.198. The normalized spacial score (nSPS) is 17.5. The Morgan fingerprint density at radius 2 is 1.85 bits per heavy atom. The highest BCUT2D eigenvalue weighted by atomic mass is 35.5. The monoisotopic (exact) mass is 438 g/mol. The summed E-state index contributed by atoms with van der Waals surface area (Å²) in [5.74, 6) is -0.905. The fourth-order valence-corrected chi connectivity index (χ4v) is 6.72. The van der Waals surface area contributed by atoms with E-state index in [-0.39, 0.29) is 28.4 Å². The second-order valence-corrected chi connectivity index (χ2v) is 11.0. The van der Waals surface area contributed by atoms with Gasteiger partial charge < -0.3 is 0 Å². The third-order valence-corrected chi connectivity index (χ3v) is 9.13. The number of rotatable bonds is 5. The van der Waals surface area contributed by atoms with Gasteiger partial charge in [-0.3, -0.25) is 0 Å². The van der Waals surface area contributed by atoms with E-state index in [2.05, 4.69) is 4.72 Å². The molecule has 26 heavy (non-hydrogen) atoms. The minimum atomic E-state index is -4.00. The number of piperidine rings is 1. The lowest BCUT2D eigenvalue weighted by Crippen LogP contribution is -2.46. The zero-order valence-corrected chi connectivity index (χ0v) is 16.6. The zero-order valence-electron chi connectivity index (χ0n) is 13.4. The minimum absolute atomic E-state index is 0.0992. The molecule has 0 aliphatic carbocycles. The predicted molar refractivity (Wildman–Crippen MR) is 97.8 cm³/mol. The van der Waals surface area contributed by atoms with E-state index in [1.807, 2.05) is 0 Å². The van der Waals surface area contributed by atoms with Crippen LogP contribution >= 0.6 is 22.9 Å². The van der Waals surface area contributed by atoms with Crippen molar-refractivity contribution < 1.29 is 21.2 Å². The van der Waals surface area contributed by atoms with Crippen LogP contribution in [0.15, 0.2) is 44.8 Å². The molecule has 1 N–H and O–H groups in total. The number of thiophene rings is 1. The van der Waals surface area contributed by atoms with Gasteiger partial charge in [0.05, 0.1) is 0 Å². The average Bonchev–Trinajstić information content (AvgIpc) is 3.10. The summed E-state index contributed by atoms with van der Waals surface area (Å²) in [6.07, 6.45) is 0.609. The van der Waals surface area contributed by atoms with Gasteiger partial charge in [0.2, 0.25) is 20.0 Å². The lowest BCUT2D eigenvalue weighted by Gasteiger charge is -2.31. The molecule has 0 amide bonds. The molecule has 1 aromatic heterocycles. The minimum Gasteiger partial charge on any atom is -0.207 e. The standard InChI is InChI=1S/C15H16ClFN2O4S3/c16-11-3-4-14(13(17)10-11)26(22,23)19-7-5-12(6-8-19)18-25(20,21)15-2-1-9-24-15/h1-4,9-10,12,18H,5-8H2. The van der Waals surface area contributed by atoms with E-state index in [4.69, 9.17) is 11.6 Å². The van der Waals surface area contributed by atoms with Crippen LogP contribution in [0.3, 0.4) is 0 Å². The van der Waals surface area contributed by atoms with Crippen LogP contribution in [0.4, 0.5) is 4.39 Å². The van der Waals surface area contributed by atoms with Crippen LogP contribution in [0.1, 0.15) is 12.8 Å². The first-order valence-corrected chi connectivity index (χ1v) is 11.9. The van der Waals surface area contributed by atoms with Crippen molar-refractivity contribution in [2.75, 3.05) is 13.1 Å². The Morgan fingerprint density at radius 1 is 1.15 bits per heavy atom. The maximum atomic E-state index is 14.0. The molecule has 2 aromatic rings. The molecule has 0 spiro atoms. The molecule has 1 fully saturated rings. The summed E-state index contributed by atoms with van der Waals surface area (Å²) in [4.78, 5) is -0.431. The van der Waals surface area contributed by atoms with E-state index in [1.54, 1.807) is 11.4 Å². The first kappa shape index (κ1) is 19.7. The molecule has 142 valence electrons. The van der Waals surface area contributed by atoms with Gasteiger partial charge in [-0.1, -0.05) is 17.7 Å². The second-order valence-electron chi connectivity index (χ2n) is 5.81. The molecule has 0 unspecified atom stereocenters. The maximum absolute atomic E-state index is 14.0. The van der Waals surface area contributed by atoms with E-state index in [0.29, 0.717) is 12.8 Å². The van der Waals surface area contributed by atoms with E-state index >= 15 is 0 Å². The number of sulfonamides is 2. The Kier molecular flexibility index (Phi) is 5.71. The number of nitrogens with zero attached hydrogens (tertiary/aromatic N) is 1. The number of hydrogen-bond donors (Lipinski definition) is 1. The van der Waals surface area contributed by atoms with Crippen LogP contribution in [-0.4, -0.2) is 40.3 Å². The van der Waals surface area contributed by atoms with Crippen molar-refractivity contribution in [2.24, 2.45) is 0 Å². The molecule has 1 aliphatic heterocycles. The van der Waals surface area contributed by atoms with Crippen LogP contribution in [-0.2, 0) is 20.0 Å². The van der Waals surface area contributed by atoms with E-state index in [1.165, 1.54) is 12.1 Å². The Hall–Kier alpha value is -1.04. The van der Waals surface area contributed by atoms with E-state index in [0.717, 1.165) is 27.8 Å². The van der Waals surface area contributed by atoms with Gasteiger partial charge in [0.25, 0.3) is 0 Å². The topological polar surface area (TPSA) is 83.6 Å². The lowest BCUT2D eigenvalue weighted by atomic mass is 10.1. The number of nitrogens with one attached hydrogen (secondary N) is 1. The SMILES string of the molecule is O=S(=O)(NC1CCN(S(=O)(=O)c2ccc(Cl)cc2F)CC1)c1cccs1. The Morgan fingerprint density at radius 3 is 2.42 bits per heavy atom. The number of benzene rings is 1. The van der Waals surface area contributed by atoms with Crippen molar-refractivity contribution >= 4 is 43.0 Å². The largest absolute Gasteiger partial charge is 0.250 e. The molecule has 6 nitrogen and oxygen atoms in total. The van der Waals surface area contributed by atoms with Gasteiger partial charge in [-0.05, 0) is 42.5 Å². The van der Waals surface area contributed by atoms with Gasteiger partial charge in [-0.15, -0.1) is 11.3 Å². The maximum Gasteiger partial charge on any atom is 0.250 e. The van der Waals surface area contributed by atoms with Crippen molar-refractivity contribution in [1.82, 2.24) is 9.03 Å². The third kappa shape index (κ3) is 4.10. The third-order valence-electron chi connectivity index (χ3n) is 4.05. The van der Waals surface area contributed by atoms with Crippen molar-refractivity contribution in [2.45, 2.75) is 28.0 Å². The van der Waals surface area contributed by atoms with Crippen LogP contribution in [0.2, 0.25) is 5.02 Å². The Labute approximate surface area is 160 Å². The lowest BCUT2D eigenvalue weighted by molar-refractivity contribution is 0.307.